The molecule has 2 N–H and O–H groups in total. The second-order valence-electron chi connectivity index (χ2n) is 7.44. The summed E-state index contributed by atoms with van der Waals surface area (Å²) in [7, 11) is 0. The van der Waals surface area contributed by atoms with Crippen molar-refractivity contribution in [1.82, 2.24) is 5.32 Å². The highest BCUT2D eigenvalue weighted by Gasteiger charge is 2.29. The van der Waals surface area contributed by atoms with Gasteiger partial charge in [0.25, 0.3) is 0 Å². The lowest BCUT2D eigenvalue weighted by atomic mass is 10.1. The average Bonchev–Trinajstić information content (AvgIpc) is 3.54. The highest BCUT2D eigenvalue weighted by Crippen LogP contribution is 2.35. The van der Waals surface area contributed by atoms with Crippen molar-refractivity contribution in [2.75, 3.05) is 18.5 Å². The standard InChI is InChI=1S/C22H23BrN2O4/c1-13(14-4-6-17(7-5-14)25-22(27)15-2-3-15)24-21(26)11-16-10-19-20(12-18(16)23)29-9-8-28-19/h4-7,10,12-13,15H,2-3,8-9,11H2,1H3,(H,24,26)(H,25,27). The fourth-order valence-electron chi connectivity index (χ4n) is 3.24. The summed E-state index contributed by atoms with van der Waals surface area (Å²) in [5, 5.41) is 5.94. The molecule has 2 amide bonds. The minimum Gasteiger partial charge on any atom is -0.486 e. The summed E-state index contributed by atoms with van der Waals surface area (Å²) in [6, 6.07) is 11.1. The first-order valence-corrected chi connectivity index (χ1v) is 10.6. The van der Waals surface area contributed by atoms with Gasteiger partial charge in [0.2, 0.25) is 11.8 Å². The van der Waals surface area contributed by atoms with Gasteiger partial charge < -0.3 is 20.1 Å². The van der Waals surface area contributed by atoms with Crippen LogP contribution in [0.1, 0.15) is 36.9 Å². The number of carbonyl (C=O) groups is 2. The molecule has 1 heterocycles. The Morgan fingerprint density at radius 1 is 1.10 bits per heavy atom. The van der Waals surface area contributed by atoms with Gasteiger partial charge in [0, 0.05) is 16.1 Å². The Morgan fingerprint density at radius 3 is 2.41 bits per heavy atom. The van der Waals surface area contributed by atoms with Crippen molar-refractivity contribution in [3.05, 3.63) is 52.0 Å². The van der Waals surface area contributed by atoms with E-state index in [0.29, 0.717) is 24.7 Å². The van der Waals surface area contributed by atoms with Gasteiger partial charge in [0.05, 0.1) is 12.5 Å². The predicted octanol–water partition coefficient (Wildman–Crippen LogP) is 3.99. The molecule has 0 saturated heterocycles. The fourth-order valence-corrected chi connectivity index (χ4v) is 3.70. The van der Waals surface area contributed by atoms with Crippen LogP contribution in [0.25, 0.3) is 0 Å². The largest absolute Gasteiger partial charge is 0.486 e. The van der Waals surface area contributed by atoms with Crippen LogP contribution in [0.5, 0.6) is 11.5 Å². The second-order valence-corrected chi connectivity index (χ2v) is 8.29. The van der Waals surface area contributed by atoms with E-state index in [0.717, 1.165) is 34.1 Å². The summed E-state index contributed by atoms with van der Waals surface area (Å²) < 4.78 is 12.0. The molecule has 4 rings (SSSR count). The van der Waals surface area contributed by atoms with Crippen LogP contribution in [0.4, 0.5) is 5.69 Å². The van der Waals surface area contributed by atoms with E-state index in [1.807, 2.05) is 43.3 Å². The van der Waals surface area contributed by atoms with Crippen LogP contribution in [0.15, 0.2) is 40.9 Å². The third-order valence-corrected chi connectivity index (χ3v) is 5.80. The monoisotopic (exact) mass is 458 g/mol. The summed E-state index contributed by atoms with van der Waals surface area (Å²) in [6.45, 7) is 2.97. The summed E-state index contributed by atoms with van der Waals surface area (Å²) >= 11 is 3.51. The van der Waals surface area contributed by atoms with E-state index in [1.54, 1.807) is 0 Å². The molecule has 1 aliphatic carbocycles. The molecule has 2 aromatic rings. The molecule has 29 heavy (non-hydrogen) atoms. The number of anilines is 1. The molecule has 1 aliphatic heterocycles. The van der Waals surface area contributed by atoms with Crippen LogP contribution < -0.4 is 20.1 Å². The Morgan fingerprint density at radius 2 is 1.76 bits per heavy atom. The maximum Gasteiger partial charge on any atom is 0.227 e. The van der Waals surface area contributed by atoms with E-state index in [-0.39, 0.29) is 30.2 Å². The first-order chi connectivity index (χ1) is 14.0. The molecule has 1 atom stereocenters. The summed E-state index contributed by atoms with van der Waals surface area (Å²) in [5.74, 6) is 1.53. The van der Waals surface area contributed by atoms with E-state index < -0.39 is 0 Å². The summed E-state index contributed by atoms with van der Waals surface area (Å²) in [4.78, 5) is 24.4. The van der Waals surface area contributed by atoms with Crippen molar-refractivity contribution < 1.29 is 19.1 Å². The van der Waals surface area contributed by atoms with Gasteiger partial charge in [-0.2, -0.15) is 0 Å². The first kappa shape index (κ1) is 19.8. The molecule has 0 bridgehead atoms. The van der Waals surface area contributed by atoms with Crippen molar-refractivity contribution in [2.24, 2.45) is 5.92 Å². The highest BCUT2D eigenvalue weighted by atomic mass is 79.9. The number of hydrogen-bond acceptors (Lipinski definition) is 4. The minimum absolute atomic E-state index is 0.0824. The number of ether oxygens (including phenoxy) is 2. The second kappa shape index (κ2) is 8.45. The highest BCUT2D eigenvalue weighted by molar-refractivity contribution is 9.10. The number of benzene rings is 2. The van der Waals surface area contributed by atoms with Gasteiger partial charge in [0.15, 0.2) is 11.5 Å². The van der Waals surface area contributed by atoms with Crippen LogP contribution in [-0.4, -0.2) is 25.0 Å². The van der Waals surface area contributed by atoms with E-state index in [1.165, 1.54) is 0 Å². The van der Waals surface area contributed by atoms with Crippen LogP contribution in [0.3, 0.4) is 0 Å². The van der Waals surface area contributed by atoms with Crippen LogP contribution in [0.2, 0.25) is 0 Å². The molecule has 1 saturated carbocycles. The van der Waals surface area contributed by atoms with Gasteiger partial charge in [-0.3, -0.25) is 9.59 Å². The normalized spacial score (nSPS) is 16.1. The smallest absolute Gasteiger partial charge is 0.227 e. The fraction of sp³-hybridized carbons (Fsp3) is 0.364. The number of hydrogen-bond donors (Lipinski definition) is 2. The lowest BCUT2D eigenvalue weighted by molar-refractivity contribution is -0.121. The number of amides is 2. The molecule has 0 radical (unpaired) electrons. The molecule has 0 aromatic heterocycles. The molecule has 152 valence electrons. The predicted molar refractivity (Wildman–Crippen MR) is 113 cm³/mol. The van der Waals surface area contributed by atoms with E-state index in [9.17, 15) is 9.59 Å². The molecule has 7 heteroatoms. The van der Waals surface area contributed by atoms with Crippen molar-refractivity contribution in [1.29, 1.82) is 0 Å². The summed E-state index contributed by atoms with van der Waals surface area (Å²) in [5.41, 5.74) is 2.60. The van der Waals surface area contributed by atoms with Gasteiger partial charge in [-0.15, -0.1) is 0 Å². The minimum atomic E-state index is -0.147. The van der Waals surface area contributed by atoms with Crippen LogP contribution in [-0.2, 0) is 16.0 Å². The SMILES string of the molecule is CC(NC(=O)Cc1cc2c(cc1Br)OCCO2)c1ccc(NC(=O)C2CC2)cc1. The number of nitrogens with one attached hydrogen (secondary N) is 2. The van der Waals surface area contributed by atoms with Crippen molar-refractivity contribution in [3.63, 3.8) is 0 Å². The van der Waals surface area contributed by atoms with E-state index in [4.69, 9.17) is 9.47 Å². The topological polar surface area (TPSA) is 76.7 Å². The maximum absolute atomic E-state index is 12.5. The molecule has 1 fully saturated rings. The number of rotatable bonds is 6. The Labute approximate surface area is 178 Å². The van der Waals surface area contributed by atoms with Gasteiger partial charge in [-0.05, 0) is 55.2 Å². The first-order valence-electron chi connectivity index (χ1n) is 9.78. The Hall–Kier alpha value is -2.54. The molecule has 6 nitrogen and oxygen atoms in total. The quantitative estimate of drug-likeness (QED) is 0.685. The van der Waals surface area contributed by atoms with Crippen molar-refractivity contribution in [3.8, 4) is 11.5 Å². The van der Waals surface area contributed by atoms with Crippen LogP contribution >= 0.6 is 15.9 Å². The Bertz CT molecular complexity index is 925. The van der Waals surface area contributed by atoms with Gasteiger partial charge in [-0.25, -0.2) is 0 Å². The molecule has 2 aliphatic rings. The maximum atomic E-state index is 12.5. The van der Waals surface area contributed by atoms with Crippen LogP contribution in [0, 0.1) is 5.92 Å². The summed E-state index contributed by atoms with van der Waals surface area (Å²) in [6.07, 6.45) is 2.19. The zero-order valence-electron chi connectivity index (χ0n) is 16.2. The van der Waals surface area contributed by atoms with Gasteiger partial charge >= 0.3 is 0 Å². The third kappa shape index (κ3) is 4.90. The average molecular weight is 459 g/mol. The molecule has 1 unspecified atom stereocenters. The number of carbonyl (C=O) groups excluding carboxylic acids is 2. The van der Waals surface area contributed by atoms with E-state index >= 15 is 0 Å². The zero-order valence-corrected chi connectivity index (χ0v) is 17.8. The molecule has 2 aromatic carbocycles. The Kier molecular flexibility index (Phi) is 5.76. The number of halogens is 1. The lowest BCUT2D eigenvalue weighted by Gasteiger charge is -2.20. The molecular formula is C22H23BrN2O4. The third-order valence-electron chi connectivity index (χ3n) is 5.07. The van der Waals surface area contributed by atoms with Crippen molar-refractivity contribution >= 4 is 33.4 Å². The zero-order chi connectivity index (χ0) is 20.4. The van der Waals surface area contributed by atoms with E-state index in [2.05, 4.69) is 26.6 Å². The lowest BCUT2D eigenvalue weighted by Crippen LogP contribution is -2.28. The number of fused-ring (bicyclic) bond motifs is 1. The molecule has 0 spiro atoms. The van der Waals surface area contributed by atoms with Gasteiger partial charge in [-0.1, -0.05) is 28.1 Å². The Balaban J connectivity index is 1.35. The van der Waals surface area contributed by atoms with Crippen molar-refractivity contribution in [2.45, 2.75) is 32.2 Å². The van der Waals surface area contributed by atoms with Gasteiger partial charge in [0.1, 0.15) is 13.2 Å². The molecular weight excluding hydrogens is 436 g/mol.